The predicted octanol–water partition coefficient (Wildman–Crippen LogP) is 4.23. The Kier molecular flexibility index (Phi) is 6.05. The summed E-state index contributed by atoms with van der Waals surface area (Å²) in [5.41, 5.74) is 3.24. The first-order valence-electron chi connectivity index (χ1n) is 15.9. The van der Waals surface area contributed by atoms with Gasteiger partial charge in [-0.1, -0.05) is 18.1 Å². The molecule has 3 unspecified atom stereocenters. The van der Waals surface area contributed by atoms with Gasteiger partial charge < -0.3 is 20.1 Å². The van der Waals surface area contributed by atoms with Crippen molar-refractivity contribution in [3.63, 3.8) is 0 Å². The zero-order valence-electron chi connectivity index (χ0n) is 25.5. The zero-order chi connectivity index (χ0) is 31.2. The Balaban J connectivity index is 1.19. The third-order valence-electron chi connectivity index (χ3n) is 10.5. The van der Waals surface area contributed by atoms with E-state index in [-0.39, 0.29) is 28.5 Å². The molecule has 46 heavy (non-hydrogen) atoms. The van der Waals surface area contributed by atoms with Crippen LogP contribution in [0.15, 0.2) is 42.7 Å². The molecule has 10 nitrogen and oxygen atoms in total. The number of aromatic hydroxyl groups is 1. The van der Waals surface area contributed by atoms with Crippen LogP contribution >= 0.6 is 0 Å². The van der Waals surface area contributed by atoms with Crippen LogP contribution in [-0.4, -0.2) is 73.1 Å². The summed E-state index contributed by atoms with van der Waals surface area (Å²) in [5.74, 6) is 2.70. The largest absolute Gasteiger partial charge is 0.508 e. The van der Waals surface area contributed by atoms with Crippen molar-refractivity contribution < 1.29 is 14.2 Å². The second kappa shape index (κ2) is 10.1. The summed E-state index contributed by atoms with van der Waals surface area (Å²) in [6.07, 6.45) is 13.6. The smallest absolute Gasteiger partial charge is 0.319 e. The number of anilines is 1. The summed E-state index contributed by atoms with van der Waals surface area (Å²) in [7, 11) is 1.98. The van der Waals surface area contributed by atoms with Crippen LogP contribution in [0.3, 0.4) is 0 Å². The lowest BCUT2D eigenvalue weighted by Gasteiger charge is -2.34. The molecule has 3 saturated heterocycles. The number of benzene rings is 2. The number of phenols is 1. The van der Waals surface area contributed by atoms with Gasteiger partial charge >= 0.3 is 6.01 Å². The van der Waals surface area contributed by atoms with Gasteiger partial charge in [-0.25, -0.2) is 4.39 Å². The molecule has 0 spiro atoms. The third-order valence-corrected chi connectivity index (χ3v) is 10.5. The fourth-order valence-electron chi connectivity index (χ4n) is 8.32. The first-order chi connectivity index (χ1) is 22.4. The van der Waals surface area contributed by atoms with Gasteiger partial charge in [-0.05, 0) is 55.8 Å². The summed E-state index contributed by atoms with van der Waals surface area (Å²) in [6, 6.07) is 9.41. The van der Waals surface area contributed by atoms with E-state index in [1.54, 1.807) is 18.3 Å². The highest BCUT2D eigenvalue weighted by Gasteiger charge is 2.50. The van der Waals surface area contributed by atoms with E-state index < -0.39 is 5.82 Å². The fourth-order valence-corrected chi connectivity index (χ4v) is 8.32. The minimum atomic E-state index is -0.612. The van der Waals surface area contributed by atoms with Gasteiger partial charge in [0.15, 0.2) is 5.82 Å². The maximum atomic E-state index is 16.9. The second-order valence-corrected chi connectivity index (χ2v) is 13.1. The molecule has 7 heterocycles. The Morgan fingerprint density at radius 1 is 1.17 bits per heavy atom. The molecule has 232 valence electrons. The van der Waals surface area contributed by atoms with Crippen molar-refractivity contribution in [1.82, 2.24) is 34.9 Å². The average molecular weight is 617 g/mol. The molecule has 2 aromatic carbocycles. The van der Waals surface area contributed by atoms with Gasteiger partial charge in [0.2, 0.25) is 0 Å². The fraction of sp³-hybridized carbons (Fsp3) is 0.371. The highest BCUT2D eigenvalue weighted by molar-refractivity contribution is 6.02. The Morgan fingerprint density at radius 2 is 2.02 bits per heavy atom. The molecule has 0 aliphatic carbocycles. The molecule has 0 saturated carbocycles. The number of ether oxygens (including phenoxy) is 1. The van der Waals surface area contributed by atoms with E-state index in [1.165, 1.54) is 17.3 Å². The molecular formula is C35H33FN8O2. The number of phenolic OH excluding ortho intramolecular Hbond substituents is 1. The number of rotatable bonds is 5. The maximum absolute atomic E-state index is 16.9. The summed E-state index contributed by atoms with van der Waals surface area (Å²) in [5, 5.41) is 20.7. The summed E-state index contributed by atoms with van der Waals surface area (Å²) < 4.78 is 25.3. The Morgan fingerprint density at radius 3 is 2.85 bits per heavy atom. The average Bonchev–Trinajstić information content (AvgIpc) is 3.80. The lowest BCUT2D eigenvalue weighted by atomic mass is 9.92. The number of piperazine rings is 1. The second-order valence-electron chi connectivity index (χ2n) is 13.1. The van der Waals surface area contributed by atoms with Crippen LogP contribution in [-0.2, 0) is 19.1 Å². The van der Waals surface area contributed by atoms with Crippen LogP contribution in [0.5, 0.6) is 11.8 Å². The van der Waals surface area contributed by atoms with Crippen LogP contribution in [0.2, 0.25) is 0 Å². The standard InChI is InChI=1S/C35H33FN8O2/c1-3-20-6-4-7-21-12-24(45)13-25(29(20)21)31-30(36)32-26(14-37-31)33(43-16-22-8-9-23(17-43)39-22)41-34(40-32)46-19-35-10-5-11-44(35)18-28-27(35)15-38-42(28)2/h1,4,6-7,12-15,22-23,39,45H,5,8-11,16-19H2,2H3. The number of halogens is 1. The molecule has 0 amide bonds. The first-order valence-corrected chi connectivity index (χ1v) is 15.9. The predicted molar refractivity (Wildman–Crippen MR) is 172 cm³/mol. The van der Waals surface area contributed by atoms with Crippen molar-refractivity contribution in [2.24, 2.45) is 7.05 Å². The molecule has 0 radical (unpaired) electrons. The van der Waals surface area contributed by atoms with E-state index in [9.17, 15) is 5.11 Å². The lowest BCUT2D eigenvalue weighted by Crippen LogP contribution is -2.51. The van der Waals surface area contributed by atoms with Crippen molar-refractivity contribution in [1.29, 1.82) is 0 Å². The molecule has 2 bridgehead atoms. The van der Waals surface area contributed by atoms with E-state index >= 15 is 4.39 Å². The lowest BCUT2D eigenvalue weighted by molar-refractivity contribution is 0.0814. The van der Waals surface area contributed by atoms with Crippen LogP contribution in [0.1, 0.15) is 42.5 Å². The minimum Gasteiger partial charge on any atom is -0.508 e. The molecule has 5 aromatic rings. The molecular weight excluding hydrogens is 583 g/mol. The summed E-state index contributed by atoms with van der Waals surface area (Å²) >= 11 is 0. The van der Waals surface area contributed by atoms with Gasteiger partial charge in [-0.2, -0.15) is 15.1 Å². The van der Waals surface area contributed by atoms with Gasteiger partial charge in [-0.3, -0.25) is 14.6 Å². The third kappa shape index (κ3) is 4.03. The van der Waals surface area contributed by atoms with Gasteiger partial charge in [0.25, 0.3) is 0 Å². The van der Waals surface area contributed by atoms with Crippen molar-refractivity contribution in [3.05, 3.63) is 65.4 Å². The number of aromatic nitrogens is 5. The Labute approximate surface area is 265 Å². The molecule has 3 fully saturated rings. The number of aryl methyl sites for hydroxylation is 1. The van der Waals surface area contributed by atoms with Crippen molar-refractivity contribution in [2.45, 2.75) is 49.9 Å². The number of pyridine rings is 1. The molecule has 4 aliphatic rings. The molecule has 2 N–H and O–H groups in total. The van der Waals surface area contributed by atoms with E-state index in [1.807, 2.05) is 30.1 Å². The first kappa shape index (κ1) is 27.5. The molecule has 11 heteroatoms. The molecule has 4 aliphatic heterocycles. The maximum Gasteiger partial charge on any atom is 0.319 e. The number of hydrogen-bond acceptors (Lipinski definition) is 9. The summed E-state index contributed by atoms with van der Waals surface area (Å²) in [6.45, 7) is 3.65. The van der Waals surface area contributed by atoms with Crippen molar-refractivity contribution in [2.75, 3.05) is 31.1 Å². The van der Waals surface area contributed by atoms with Gasteiger partial charge in [0, 0.05) is 67.0 Å². The van der Waals surface area contributed by atoms with E-state index in [2.05, 4.69) is 31.1 Å². The van der Waals surface area contributed by atoms with E-state index in [0.717, 1.165) is 51.9 Å². The Bertz CT molecular complexity index is 2090. The van der Waals surface area contributed by atoms with Crippen LogP contribution in [0.25, 0.3) is 32.9 Å². The topological polar surface area (TPSA) is 104 Å². The number of nitrogens with zero attached hydrogens (tertiary/aromatic N) is 7. The number of hydrogen-bond donors (Lipinski definition) is 2. The van der Waals surface area contributed by atoms with Crippen molar-refractivity contribution >= 4 is 27.5 Å². The zero-order valence-corrected chi connectivity index (χ0v) is 25.5. The van der Waals surface area contributed by atoms with Gasteiger partial charge in [0.05, 0.1) is 22.8 Å². The number of terminal acetylenes is 1. The highest BCUT2D eigenvalue weighted by atomic mass is 19.1. The monoisotopic (exact) mass is 616 g/mol. The normalized spacial score (nSPS) is 23.6. The molecule has 3 aromatic heterocycles. The van der Waals surface area contributed by atoms with Gasteiger partial charge in [0.1, 0.15) is 29.4 Å². The van der Waals surface area contributed by atoms with Crippen LogP contribution in [0, 0.1) is 18.2 Å². The van der Waals surface area contributed by atoms with Crippen LogP contribution in [0.4, 0.5) is 10.2 Å². The van der Waals surface area contributed by atoms with Crippen LogP contribution < -0.4 is 15.0 Å². The number of nitrogens with one attached hydrogen (secondary N) is 1. The quantitative estimate of drug-likeness (QED) is 0.281. The van der Waals surface area contributed by atoms with Crippen molar-refractivity contribution in [3.8, 4) is 35.4 Å². The van der Waals surface area contributed by atoms with E-state index in [4.69, 9.17) is 21.1 Å². The molecule has 3 atom stereocenters. The Hall–Kier alpha value is -4.79. The molecule has 9 rings (SSSR count). The minimum absolute atomic E-state index is 0.00614. The van der Waals surface area contributed by atoms with Gasteiger partial charge in [-0.15, -0.1) is 6.42 Å². The number of fused-ring (bicyclic) bond motifs is 7. The summed E-state index contributed by atoms with van der Waals surface area (Å²) in [4.78, 5) is 19.0. The highest BCUT2D eigenvalue weighted by Crippen LogP contribution is 2.47. The SMILES string of the molecule is C#Cc1cccc2cc(O)cc(-c3ncc4c(N5CC6CCC(C5)N6)nc(OCC56CCCN5Cc5c6cnn5C)nc4c3F)c12. The van der Waals surface area contributed by atoms with E-state index in [0.29, 0.717) is 51.8 Å².